The molecule has 0 aliphatic rings. The Morgan fingerprint density at radius 3 is 2.61 bits per heavy atom. The van der Waals surface area contributed by atoms with Crippen molar-refractivity contribution in [3.05, 3.63) is 24.2 Å². The molecular formula is C10H11F3N2O3. The molecule has 0 fully saturated rings. The van der Waals surface area contributed by atoms with Gasteiger partial charge in [-0.2, -0.15) is 13.2 Å². The lowest BCUT2D eigenvalue weighted by Crippen LogP contribution is -2.47. The molecule has 100 valence electrons. The maximum absolute atomic E-state index is 11.8. The molecule has 0 aliphatic carbocycles. The van der Waals surface area contributed by atoms with E-state index in [4.69, 9.17) is 4.42 Å². The van der Waals surface area contributed by atoms with Gasteiger partial charge in [-0.25, -0.2) is 0 Å². The van der Waals surface area contributed by atoms with Gasteiger partial charge in [-0.1, -0.05) is 0 Å². The van der Waals surface area contributed by atoms with Gasteiger partial charge in [0.2, 0.25) is 5.91 Å². The Balaban J connectivity index is 2.43. The number of halogens is 3. The van der Waals surface area contributed by atoms with E-state index in [0.717, 1.165) is 0 Å². The number of hydrogen-bond acceptors (Lipinski definition) is 3. The molecule has 0 aliphatic heterocycles. The number of rotatable bonds is 4. The van der Waals surface area contributed by atoms with Crippen LogP contribution in [0.3, 0.4) is 0 Å². The van der Waals surface area contributed by atoms with Crippen molar-refractivity contribution in [2.24, 2.45) is 0 Å². The van der Waals surface area contributed by atoms with E-state index in [1.54, 1.807) is 5.32 Å². The Bertz CT molecular complexity index is 415. The second-order valence-electron chi connectivity index (χ2n) is 3.51. The topological polar surface area (TPSA) is 71.3 Å². The Morgan fingerprint density at radius 2 is 2.11 bits per heavy atom. The minimum atomic E-state index is -4.49. The van der Waals surface area contributed by atoms with Crippen molar-refractivity contribution in [1.29, 1.82) is 0 Å². The molecule has 1 aromatic heterocycles. The molecule has 1 unspecified atom stereocenters. The standard InChI is InChI=1S/C10H11F3N2O3/c1-6(8(16)14-5-10(11,12)13)15-9(17)7-3-2-4-18-7/h2-4,6H,5H2,1H3,(H,14,16)(H,15,17). The van der Waals surface area contributed by atoms with E-state index in [2.05, 4.69) is 5.32 Å². The van der Waals surface area contributed by atoms with E-state index < -0.39 is 30.6 Å². The maximum atomic E-state index is 11.8. The smallest absolute Gasteiger partial charge is 0.405 e. The van der Waals surface area contributed by atoms with Crippen LogP contribution in [0.2, 0.25) is 0 Å². The molecule has 1 atom stereocenters. The number of amides is 2. The molecule has 1 rings (SSSR count). The summed E-state index contributed by atoms with van der Waals surface area (Å²) in [7, 11) is 0. The second kappa shape index (κ2) is 5.56. The van der Waals surface area contributed by atoms with Gasteiger partial charge < -0.3 is 15.1 Å². The van der Waals surface area contributed by atoms with Gasteiger partial charge in [0.15, 0.2) is 5.76 Å². The van der Waals surface area contributed by atoms with Gasteiger partial charge in [0.05, 0.1) is 6.26 Å². The molecule has 0 aromatic carbocycles. The highest BCUT2D eigenvalue weighted by Crippen LogP contribution is 2.12. The van der Waals surface area contributed by atoms with Crippen LogP contribution in [-0.2, 0) is 4.79 Å². The molecule has 0 saturated carbocycles. The molecule has 8 heteroatoms. The predicted octanol–water partition coefficient (Wildman–Crippen LogP) is 1.08. The van der Waals surface area contributed by atoms with E-state index in [9.17, 15) is 22.8 Å². The zero-order valence-electron chi connectivity index (χ0n) is 9.38. The summed E-state index contributed by atoms with van der Waals surface area (Å²) in [5, 5.41) is 3.87. The largest absolute Gasteiger partial charge is 0.459 e. The van der Waals surface area contributed by atoms with Crippen molar-refractivity contribution in [1.82, 2.24) is 10.6 Å². The molecule has 0 radical (unpaired) electrons. The zero-order chi connectivity index (χ0) is 13.8. The third kappa shape index (κ3) is 4.48. The highest BCUT2D eigenvalue weighted by Gasteiger charge is 2.29. The lowest BCUT2D eigenvalue weighted by atomic mass is 10.3. The number of carbonyl (C=O) groups is 2. The zero-order valence-corrected chi connectivity index (χ0v) is 9.38. The molecule has 18 heavy (non-hydrogen) atoms. The van der Waals surface area contributed by atoms with Crippen molar-refractivity contribution >= 4 is 11.8 Å². The van der Waals surface area contributed by atoms with Crippen LogP contribution in [0.5, 0.6) is 0 Å². The molecule has 5 nitrogen and oxygen atoms in total. The monoisotopic (exact) mass is 264 g/mol. The Hall–Kier alpha value is -1.99. The van der Waals surface area contributed by atoms with E-state index >= 15 is 0 Å². The van der Waals surface area contributed by atoms with Gasteiger partial charge in [0, 0.05) is 0 Å². The average molecular weight is 264 g/mol. The molecule has 2 N–H and O–H groups in total. The SMILES string of the molecule is CC(NC(=O)c1ccco1)C(=O)NCC(F)(F)F. The number of carbonyl (C=O) groups excluding carboxylic acids is 2. The fourth-order valence-corrected chi connectivity index (χ4v) is 1.08. The highest BCUT2D eigenvalue weighted by molar-refractivity contribution is 5.95. The lowest BCUT2D eigenvalue weighted by Gasteiger charge is -2.14. The fraction of sp³-hybridized carbons (Fsp3) is 0.400. The van der Waals surface area contributed by atoms with Crippen LogP contribution in [0.25, 0.3) is 0 Å². The Labute approximate surface area is 100 Å². The third-order valence-corrected chi connectivity index (χ3v) is 1.95. The Morgan fingerprint density at radius 1 is 1.44 bits per heavy atom. The quantitative estimate of drug-likeness (QED) is 0.854. The molecular weight excluding hydrogens is 253 g/mol. The van der Waals surface area contributed by atoms with Crippen molar-refractivity contribution < 1.29 is 27.2 Å². The van der Waals surface area contributed by atoms with Crippen molar-refractivity contribution in [2.45, 2.75) is 19.1 Å². The normalized spacial score (nSPS) is 12.9. The molecule has 1 aromatic rings. The highest BCUT2D eigenvalue weighted by atomic mass is 19.4. The van der Waals surface area contributed by atoms with Crippen molar-refractivity contribution in [2.75, 3.05) is 6.54 Å². The molecule has 2 amide bonds. The third-order valence-electron chi connectivity index (χ3n) is 1.95. The molecule has 0 spiro atoms. The summed E-state index contributed by atoms with van der Waals surface area (Å²) in [6, 6.07) is 1.75. The first-order valence-electron chi connectivity index (χ1n) is 4.98. The van der Waals surface area contributed by atoms with E-state index in [-0.39, 0.29) is 5.76 Å². The van der Waals surface area contributed by atoms with Gasteiger partial charge in [-0.3, -0.25) is 9.59 Å². The first kappa shape index (κ1) is 14.1. The van der Waals surface area contributed by atoms with Gasteiger partial charge in [-0.05, 0) is 19.1 Å². The minimum absolute atomic E-state index is 0.0227. The maximum Gasteiger partial charge on any atom is 0.405 e. The lowest BCUT2D eigenvalue weighted by molar-refractivity contribution is -0.139. The summed E-state index contributed by atoms with van der Waals surface area (Å²) in [5.74, 6) is -1.62. The first-order valence-corrected chi connectivity index (χ1v) is 4.98. The van der Waals surface area contributed by atoms with Gasteiger partial charge in [-0.15, -0.1) is 0 Å². The van der Waals surface area contributed by atoms with Crippen LogP contribution >= 0.6 is 0 Å². The minimum Gasteiger partial charge on any atom is -0.459 e. The number of nitrogens with one attached hydrogen (secondary N) is 2. The van der Waals surface area contributed by atoms with Crippen LogP contribution in [0.15, 0.2) is 22.8 Å². The summed E-state index contributed by atoms with van der Waals surface area (Å²) in [4.78, 5) is 22.7. The van der Waals surface area contributed by atoms with E-state index in [1.165, 1.54) is 25.3 Å². The van der Waals surface area contributed by atoms with E-state index in [0.29, 0.717) is 0 Å². The summed E-state index contributed by atoms with van der Waals surface area (Å²) in [5.41, 5.74) is 0. The Kier molecular flexibility index (Phi) is 4.35. The van der Waals surface area contributed by atoms with Crippen LogP contribution < -0.4 is 10.6 Å². The first-order chi connectivity index (χ1) is 8.29. The molecule has 1 heterocycles. The van der Waals surface area contributed by atoms with Crippen LogP contribution in [-0.4, -0.2) is 30.6 Å². The van der Waals surface area contributed by atoms with Crippen LogP contribution in [0, 0.1) is 0 Å². The summed E-state index contributed by atoms with van der Waals surface area (Å²) < 4.78 is 40.3. The summed E-state index contributed by atoms with van der Waals surface area (Å²) in [6.07, 6.45) is -3.22. The van der Waals surface area contributed by atoms with Gasteiger partial charge in [0.25, 0.3) is 5.91 Å². The summed E-state index contributed by atoms with van der Waals surface area (Å²) in [6.45, 7) is -0.167. The number of furan rings is 1. The van der Waals surface area contributed by atoms with Crippen LogP contribution in [0.4, 0.5) is 13.2 Å². The second-order valence-corrected chi connectivity index (χ2v) is 3.51. The van der Waals surface area contributed by atoms with Gasteiger partial charge >= 0.3 is 6.18 Å². The average Bonchev–Trinajstić information content (AvgIpc) is 2.77. The fourth-order valence-electron chi connectivity index (χ4n) is 1.08. The van der Waals surface area contributed by atoms with Crippen molar-refractivity contribution in [3.8, 4) is 0 Å². The van der Waals surface area contributed by atoms with E-state index in [1.807, 2.05) is 0 Å². The molecule has 0 bridgehead atoms. The van der Waals surface area contributed by atoms with Gasteiger partial charge in [0.1, 0.15) is 12.6 Å². The van der Waals surface area contributed by atoms with Crippen molar-refractivity contribution in [3.63, 3.8) is 0 Å². The number of alkyl halides is 3. The van der Waals surface area contributed by atoms with Crippen LogP contribution in [0.1, 0.15) is 17.5 Å². The number of hydrogen-bond donors (Lipinski definition) is 2. The predicted molar refractivity (Wildman–Crippen MR) is 54.7 cm³/mol. The summed E-state index contributed by atoms with van der Waals surface area (Å²) >= 11 is 0. The molecule has 0 saturated heterocycles.